The van der Waals surface area contributed by atoms with Crippen molar-refractivity contribution in [3.05, 3.63) is 29.6 Å². The van der Waals surface area contributed by atoms with Crippen molar-refractivity contribution in [1.82, 2.24) is 8.87 Å². The van der Waals surface area contributed by atoms with Crippen molar-refractivity contribution in [3.63, 3.8) is 0 Å². The Morgan fingerprint density at radius 2 is 2.10 bits per heavy atom. The lowest BCUT2D eigenvalue weighted by Crippen LogP contribution is -2.34. The molecule has 6 heteroatoms. The highest BCUT2D eigenvalue weighted by atomic mass is 32.2. The maximum absolute atomic E-state index is 12.6. The Morgan fingerprint density at radius 3 is 2.55 bits per heavy atom. The monoisotopic (exact) mass is 297 g/mol. The van der Waals surface area contributed by atoms with Crippen LogP contribution in [0.4, 0.5) is 0 Å². The highest BCUT2D eigenvalue weighted by molar-refractivity contribution is 7.89. The van der Waals surface area contributed by atoms with Crippen LogP contribution in [0.3, 0.4) is 0 Å². The number of hydrogen-bond donors (Lipinski definition) is 1. The molecule has 0 spiro atoms. The molecule has 1 aliphatic rings. The fraction of sp³-hybridized carbons (Fsp3) is 0.571. The van der Waals surface area contributed by atoms with E-state index in [4.69, 9.17) is 5.73 Å². The zero-order chi connectivity index (χ0) is 14.9. The smallest absolute Gasteiger partial charge is 0.244 e. The fourth-order valence-corrected chi connectivity index (χ4v) is 3.83. The minimum Gasteiger partial charge on any atom is -0.346 e. The van der Waals surface area contributed by atoms with Gasteiger partial charge in [0.15, 0.2) is 0 Å². The van der Waals surface area contributed by atoms with Gasteiger partial charge in [0, 0.05) is 37.6 Å². The summed E-state index contributed by atoms with van der Waals surface area (Å²) in [5, 5.41) is 0. The Kier molecular flexibility index (Phi) is 4.36. The second kappa shape index (κ2) is 5.71. The number of sulfonamides is 1. The molecule has 0 unspecified atom stereocenters. The lowest BCUT2D eigenvalue weighted by molar-refractivity contribution is 0.431. The van der Waals surface area contributed by atoms with E-state index in [2.05, 4.69) is 0 Å². The molecule has 0 saturated heterocycles. The summed E-state index contributed by atoms with van der Waals surface area (Å²) in [7, 11) is -3.42. The van der Waals surface area contributed by atoms with Crippen LogP contribution in [-0.2, 0) is 16.6 Å². The molecule has 20 heavy (non-hydrogen) atoms. The highest BCUT2D eigenvalue weighted by Gasteiger charge is 2.27. The number of aromatic nitrogens is 1. The first-order chi connectivity index (χ1) is 9.36. The number of rotatable bonds is 4. The highest BCUT2D eigenvalue weighted by Crippen LogP contribution is 2.24. The molecule has 1 aromatic heterocycles. The molecule has 0 radical (unpaired) electrons. The Bertz CT molecular complexity index is 614. The average molecular weight is 297 g/mol. The molecule has 0 aromatic carbocycles. The van der Waals surface area contributed by atoms with E-state index < -0.39 is 10.0 Å². The summed E-state index contributed by atoms with van der Waals surface area (Å²) in [6.45, 7) is 7.41. The van der Waals surface area contributed by atoms with Gasteiger partial charge in [0.2, 0.25) is 10.0 Å². The fourth-order valence-electron chi connectivity index (χ4n) is 2.40. The van der Waals surface area contributed by atoms with Gasteiger partial charge in [-0.05, 0) is 33.3 Å². The van der Waals surface area contributed by atoms with Gasteiger partial charge in [-0.3, -0.25) is 0 Å². The Morgan fingerprint density at radius 1 is 1.40 bits per heavy atom. The molecule has 0 bridgehead atoms. The molecule has 0 fully saturated rings. The number of nitrogens with zero attached hydrogens (tertiary/aromatic N) is 2. The van der Waals surface area contributed by atoms with Gasteiger partial charge in [-0.15, -0.1) is 0 Å². The van der Waals surface area contributed by atoms with Gasteiger partial charge in [0.1, 0.15) is 4.90 Å². The van der Waals surface area contributed by atoms with Crippen LogP contribution in [0.15, 0.2) is 28.8 Å². The van der Waals surface area contributed by atoms with Crippen molar-refractivity contribution < 1.29 is 8.42 Å². The predicted molar refractivity (Wildman–Crippen MR) is 79.8 cm³/mol. The molecule has 5 nitrogen and oxygen atoms in total. The van der Waals surface area contributed by atoms with E-state index in [1.165, 1.54) is 9.88 Å². The molecule has 0 aliphatic carbocycles. The van der Waals surface area contributed by atoms with Crippen LogP contribution in [0.2, 0.25) is 0 Å². The number of hydrogen-bond acceptors (Lipinski definition) is 3. The van der Waals surface area contributed by atoms with Gasteiger partial charge in [-0.1, -0.05) is 11.6 Å². The van der Waals surface area contributed by atoms with Crippen molar-refractivity contribution in [2.24, 2.45) is 5.73 Å². The third-order valence-electron chi connectivity index (χ3n) is 3.71. The van der Waals surface area contributed by atoms with E-state index in [0.717, 1.165) is 12.1 Å². The first-order valence-corrected chi connectivity index (χ1v) is 8.37. The van der Waals surface area contributed by atoms with E-state index in [1.54, 1.807) is 12.3 Å². The van der Waals surface area contributed by atoms with Crippen molar-refractivity contribution in [1.29, 1.82) is 0 Å². The molecular formula is C14H23N3O2S. The minimum atomic E-state index is -3.42. The van der Waals surface area contributed by atoms with Gasteiger partial charge >= 0.3 is 0 Å². The zero-order valence-corrected chi connectivity index (χ0v) is 13.2. The van der Waals surface area contributed by atoms with Crippen molar-refractivity contribution in [2.75, 3.05) is 13.1 Å². The van der Waals surface area contributed by atoms with Crippen LogP contribution >= 0.6 is 0 Å². The maximum Gasteiger partial charge on any atom is 0.244 e. The van der Waals surface area contributed by atoms with Crippen LogP contribution in [0, 0.1) is 0 Å². The molecule has 0 amide bonds. The maximum atomic E-state index is 12.6. The third kappa shape index (κ3) is 2.82. The van der Waals surface area contributed by atoms with Crippen LogP contribution < -0.4 is 5.73 Å². The van der Waals surface area contributed by atoms with E-state index >= 15 is 0 Å². The summed E-state index contributed by atoms with van der Waals surface area (Å²) in [5.41, 5.74) is 7.80. The van der Waals surface area contributed by atoms with Gasteiger partial charge < -0.3 is 10.3 Å². The van der Waals surface area contributed by atoms with E-state index in [1.807, 2.05) is 31.4 Å². The standard InChI is InChI=1S/C14H23N3O2S/c1-11(2)17-10-14(8-13(17)9-15)20(18,19)16-6-4-12(3)5-7-16/h4,8,10-11H,5-7,9,15H2,1-3H3. The lowest BCUT2D eigenvalue weighted by Gasteiger charge is -2.24. The summed E-state index contributed by atoms with van der Waals surface area (Å²) in [5.74, 6) is 0. The molecule has 2 heterocycles. The minimum absolute atomic E-state index is 0.195. The molecule has 0 saturated carbocycles. The normalized spacial score (nSPS) is 17.6. The second-order valence-electron chi connectivity index (χ2n) is 5.54. The largest absolute Gasteiger partial charge is 0.346 e. The molecule has 1 aliphatic heterocycles. The molecule has 2 rings (SSSR count). The van der Waals surface area contributed by atoms with E-state index in [-0.39, 0.29) is 6.04 Å². The first kappa shape index (κ1) is 15.3. The van der Waals surface area contributed by atoms with Crippen LogP contribution in [0.5, 0.6) is 0 Å². The summed E-state index contributed by atoms with van der Waals surface area (Å²) >= 11 is 0. The Hall–Kier alpha value is -1.11. The van der Waals surface area contributed by atoms with Gasteiger partial charge in [-0.2, -0.15) is 4.31 Å². The third-order valence-corrected chi connectivity index (χ3v) is 5.54. The van der Waals surface area contributed by atoms with Crippen LogP contribution in [0.1, 0.15) is 38.9 Å². The van der Waals surface area contributed by atoms with Crippen LogP contribution in [0.25, 0.3) is 0 Å². The van der Waals surface area contributed by atoms with Crippen molar-refractivity contribution >= 4 is 10.0 Å². The predicted octanol–water partition coefficient (Wildman–Crippen LogP) is 1.87. The average Bonchev–Trinajstić information content (AvgIpc) is 2.84. The molecular weight excluding hydrogens is 274 g/mol. The topological polar surface area (TPSA) is 68.3 Å². The SMILES string of the molecule is CC1=CCN(S(=O)(=O)c2cc(CN)n(C(C)C)c2)CC1. The summed E-state index contributed by atoms with van der Waals surface area (Å²) in [6.07, 6.45) is 4.48. The summed E-state index contributed by atoms with van der Waals surface area (Å²) in [4.78, 5) is 0.347. The van der Waals surface area contributed by atoms with Gasteiger partial charge in [0.25, 0.3) is 0 Å². The lowest BCUT2D eigenvalue weighted by atomic mass is 10.1. The van der Waals surface area contributed by atoms with E-state index in [9.17, 15) is 8.42 Å². The van der Waals surface area contributed by atoms with Crippen molar-refractivity contribution in [3.8, 4) is 0 Å². The quantitative estimate of drug-likeness (QED) is 0.863. The van der Waals surface area contributed by atoms with Crippen LogP contribution in [-0.4, -0.2) is 30.4 Å². The molecule has 112 valence electrons. The zero-order valence-electron chi connectivity index (χ0n) is 12.3. The summed E-state index contributed by atoms with van der Waals surface area (Å²) < 4.78 is 28.7. The first-order valence-electron chi connectivity index (χ1n) is 6.93. The second-order valence-corrected chi connectivity index (χ2v) is 7.47. The van der Waals surface area contributed by atoms with Gasteiger partial charge in [-0.25, -0.2) is 8.42 Å². The van der Waals surface area contributed by atoms with Crippen molar-refractivity contribution in [2.45, 2.75) is 44.7 Å². The van der Waals surface area contributed by atoms with E-state index in [0.29, 0.717) is 24.5 Å². The number of nitrogens with two attached hydrogens (primary N) is 1. The summed E-state index contributed by atoms with van der Waals surface area (Å²) in [6, 6.07) is 1.89. The Labute approximate surface area is 121 Å². The molecule has 2 N–H and O–H groups in total. The Balaban J connectivity index is 2.35. The van der Waals surface area contributed by atoms with Gasteiger partial charge in [0.05, 0.1) is 0 Å². The molecule has 1 aromatic rings. The molecule has 0 atom stereocenters.